The normalized spacial score (nSPS) is 13.4. The molecule has 0 saturated carbocycles. The summed E-state index contributed by atoms with van der Waals surface area (Å²) in [6.07, 6.45) is 1.06. The highest BCUT2D eigenvalue weighted by Gasteiger charge is 2.30. The lowest BCUT2D eigenvalue weighted by atomic mass is 9.86. The molecular formula is C38H53N3O3. The fraction of sp³-hybridized carbons (Fsp3) is 0.474. The lowest BCUT2D eigenvalue weighted by molar-refractivity contribution is -0.132. The molecular weight excluding hydrogens is 546 g/mol. The predicted octanol–water partition coefficient (Wildman–Crippen LogP) is 7.05. The summed E-state index contributed by atoms with van der Waals surface area (Å²) in [6, 6.07) is 25.3. The molecule has 0 aliphatic rings. The summed E-state index contributed by atoms with van der Waals surface area (Å²) >= 11 is 0. The van der Waals surface area contributed by atoms with Crippen molar-refractivity contribution in [2.75, 3.05) is 7.05 Å². The molecule has 44 heavy (non-hydrogen) atoms. The summed E-state index contributed by atoms with van der Waals surface area (Å²) in [6.45, 7) is 17.8. The van der Waals surface area contributed by atoms with Crippen LogP contribution in [0.4, 0.5) is 0 Å². The maximum Gasteiger partial charge on any atom is 0.243 e. The van der Waals surface area contributed by atoms with E-state index in [-0.39, 0.29) is 23.3 Å². The molecule has 0 radical (unpaired) electrons. The molecule has 2 unspecified atom stereocenters. The quantitative estimate of drug-likeness (QED) is 0.221. The van der Waals surface area contributed by atoms with Gasteiger partial charge in [0.2, 0.25) is 11.8 Å². The zero-order valence-electron chi connectivity index (χ0n) is 28.2. The number of amides is 2. The van der Waals surface area contributed by atoms with Gasteiger partial charge in [-0.15, -0.1) is 0 Å². The Hall–Kier alpha value is -3.64. The van der Waals surface area contributed by atoms with Crippen LogP contribution in [0, 0.1) is 5.92 Å². The van der Waals surface area contributed by atoms with Crippen molar-refractivity contribution >= 4 is 11.8 Å². The SMILES string of the molecule is CC(C)CC(C(=O)NC(Cc1ccc(OCc2ccccc2)cc1)C(=O)NC(C)(C)C)N(C)Cc1ccc(C(C)(C)C)cc1. The van der Waals surface area contributed by atoms with E-state index in [0.29, 0.717) is 31.9 Å². The van der Waals surface area contributed by atoms with Gasteiger partial charge in [0, 0.05) is 18.5 Å². The summed E-state index contributed by atoms with van der Waals surface area (Å²) in [4.78, 5) is 29.5. The zero-order chi connectivity index (χ0) is 32.5. The molecule has 0 aliphatic carbocycles. The van der Waals surface area contributed by atoms with Gasteiger partial charge in [-0.3, -0.25) is 14.5 Å². The molecule has 0 saturated heterocycles. The molecule has 2 atom stereocenters. The first kappa shape index (κ1) is 34.8. The van der Waals surface area contributed by atoms with E-state index in [9.17, 15) is 9.59 Å². The maximum absolute atomic E-state index is 13.9. The highest BCUT2D eigenvalue weighted by molar-refractivity contribution is 5.90. The van der Waals surface area contributed by atoms with Gasteiger partial charge in [-0.05, 0) is 80.0 Å². The lowest BCUT2D eigenvalue weighted by Crippen LogP contribution is -2.56. The van der Waals surface area contributed by atoms with Crippen molar-refractivity contribution in [3.05, 3.63) is 101 Å². The third-order valence-corrected chi connectivity index (χ3v) is 7.52. The Morgan fingerprint density at radius 3 is 1.91 bits per heavy atom. The molecule has 2 N–H and O–H groups in total. The molecule has 0 bridgehead atoms. The van der Waals surface area contributed by atoms with Gasteiger partial charge in [-0.25, -0.2) is 0 Å². The number of carbonyl (C=O) groups excluding carboxylic acids is 2. The van der Waals surface area contributed by atoms with Crippen LogP contribution in [0.3, 0.4) is 0 Å². The Morgan fingerprint density at radius 2 is 1.36 bits per heavy atom. The molecule has 0 aromatic heterocycles. The van der Waals surface area contributed by atoms with Crippen LogP contribution in [0.15, 0.2) is 78.9 Å². The van der Waals surface area contributed by atoms with Crippen LogP contribution in [-0.2, 0) is 34.6 Å². The zero-order valence-corrected chi connectivity index (χ0v) is 28.2. The van der Waals surface area contributed by atoms with Crippen molar-refractivity contribution in [3.63, 3.8) is 0 Å². The third kappa shape index (κ3) is 11.5. The minimum Gasteiger partial charge on any atom is -0.489 e. The molecule has 3 rings (SSSR count). The summed E-state index contributed by atoms with van der Waals surface area (Å²) in [5, 5.41) is 6.20. The van der Waals surface area contributed by atoms with Crippen molar-refractivity contribution in [1.82, 2.24) is 15.5 Å². The van der Waals surface area contributed by atoms with Crippen molar-refractivity contribution in [1.29, 1.82) is 0 Å². The van der Waals surface area contributed by atoms with Crippen LogP contribution < -0.4 is 15.4 Å². The number of carbonyl (C=O) groups is 2. The molecule has 3 aromatic rings. The van der Waals surface area contributed by atoms with Crippen molar-refractivity contribution in [3.8, 4) is 5.75 Å². The van der Waals surface area contributed by atoms with Crippen LogP contribution >= 0.6 is 0 Å². The van der Waals surface area contributed by atoms with E-state index in [1.807, 2.05) is 82.4 Å². The number of hydrogen-bond acceptors (Lipinski definition) is 4. The Bertz CT molecular complexity index is 1320. The van der Waals surface area contributed by atoms with Gasteiger partial charge in [-0.2, -0.15) is 0 Å². The first-order valence-corrected chi connectivity index (χ1v) is 15.8. The van der Waals surface area contributed by atoms with E-state index >= 15 is 0 Å². The Balaban J connectivity index is 1.74. The third-order valence-electron chi connectivity index (χ3n) is 7.52. The van der Waals surface area contributed by atoms with Gasteiger partial charge in [-0.1, -0.05) is 101 Å². The highest BCUT2D eigenvalue weighted by atomic mass is 16.5. The van der Waals surface area contributed by atoms with Gasteiger partial charge in [0.25, 0.3) is 0 Å². The highest BCUT2D eigenvalue weighted by Crippen LogP contribution is 2.23. The van der Waals surface area contributed by atoms with Crippen LogP contribution in [0.5, 0.6) is 5.75 Å². The van der Waals surface area contributed by atoms with Crippen molar-refractivity contribution in [2.45, 2.75) is 104 Å². The molecule has 3 aromatic carbocycles. The van der Waals surface area contributed by atoms with Gasteiger partial charge < -0.3 is 15.4 Å². The number of nitrogens with one attached hydrogen (secondary N) is 2. The number of benzene rings is 3. The fourth-order valence-corrected chi connectivity index (χ4v) is 5.07. The van der Waals surface area contributed by atoms with Crippen molar-refractivity contribution < 1.29 is 14.3 Å². The summed E-state index contributed by atoms with van der Waals surface area (Å²) in [5.41, 5.74) is 4.13. The Morgan fingerprint density at radius 1 is 0.773 bits per heavy atom. The number of likely N-dealkylation sites (N-methyl/N-ethyl adjacent to an activating group) is 1. The van der Waals surface area contributed by atoms with Crippen LogP contribution in [0.2, 0.25) is 0 Å². The van der Waals surface area contributed by atoms with Crippen LogP contribution in [0.1, 0.15) is 84.1 Å². The predicted molar refractivity (Wildman–Crippen MR) is 181 cm³/mol. The number of rotatable bonds is 13. The van der Waals surface area contributed by atoms with Crippen molar-refractivity contribution in [2.24, 2.45) is 5.92 Å². The average Bonchev–Trinajstić information content (AvgIpc) is 2.94. The minimum atomic E-state index is -0.716. The summed E-state index contributed by atoms with van der Waals surface area (Å²) in [7, 11) is 1.99. The number of ether oxygens (including phenoxy) is 1. The number of hydrogen-bond donors (Lipinski definition) is 2. The smallest absolute Gasteiger partial charge is 0.243 e. The topological polar surface area (TPSA) is 70.7 Å². The van der Waals surface area contributed by atoms with Gasteiger partial charge in [0.1, 0.15) is 18.4 Å². The van der Waals surface area contributed by atoms with E-state index < -0.39 is 11.6 Å². The van der Waals surface area contributed by atoms with E-state index in [2.05, 4.69) is 74.4 Å². The second-order valence-electron chi connectivity index (χ2n) is 14.4. The molecule has 0 aliphatic heterocycles. The number of nitrogens with zero attached hydrogens (tertiary/aromatic N) is 1. The molecule has 238 valence electrons. The monoisotopic (exact) mass is 599 g/mol. The summed E-state index contributed by atoms with van der Waals surface area (Å²) < 4.78 is 5.94. The first-order valence-electron chi connectivity index (χ1n) is 15.8. The molecule has 0 spiro atoms. The largest absolute Gasteiger partial charge is 0.489 e. The Labute approximate surface area is 265 Å². The maximum atomic E-state index is 13.9. The Kier molecular flexibility index (Phi) is 12.2. The van der Waals surface area contributed by atoms with E-state index in [4.69, 9.17) is 4.74 Å². The second kappa shape index (κ2) is 15.4. The summed E-state index contributed by atoms with van der Waals surface area (Å²) in [5.74, 6) is 0.733. The van der Waals surface area contributed by atoms with Gasteiger partial charge >= 0.3 is 0 Å². The molecule has 2 amide bonds. The standard InChI is InChI=1S/C38H53N3O3/c1-27(2)23-34(41(9)25-29-15-19-31(20-16-29)37(3,4)5)36(43)39-33(35(42)40-38(6,7)8)24-28-17-21-32(22-18-28)44-26-30-13-11-10-12-14-30/h10-22,27,33-34H,23-26H2,1-9H3,(H,39,43)(H,40,42). The van der Waals surface area contributed by atoms with E-state index in [1.165, 1.54) is 5.56 Å². The van der Waals surface area contributed by atoms with Gasteiger partial charge in [0.15, 0.2) is 0 Å². The molecule has 0 heterocycles. The van der Waals surface area contributed by atoms with Gasteiger partial charge in [0.05, 0.1) is 6.04 Å². The van der Waals surface area contributed by atoms with E-state index in [0.717, 1.165) is 22.4 Å². The fourth-order valence-electron chi connectivity index (χ4n) is 5.07. The average molecular weight is 600 g/mol. The molecule has 6 heteroatoms. The molecule has 6 nitrogen and oxygen atoms in total. The lowest BCUT2D eigenvalue weighted by Gasteiger charge is -2.31. The van der Waals surface area contributed by atoms with Crippen LogP contribution in [0.25, 0.3) is 0 Å². The second-order valence-corrected chi connectivity index (χ2v) is 14.4. The minimum absolute atomic E-state index is 0.0860. The first-order chi connectivity index (χ1) is 20.6. The van der Waals surface area contributed by atoms with Crippen LogP contribution in [-0.4, -0.2) is 41.4 Å². The molecule has 0 fully saturated rings. The van der Waals surface area contributed by atoms with E-state index in [1.54, 1.807) is 0 Å².